The Bertz CT molecular complexity index is 1450. The van der Waals surface area contributed by atoms with E-state index in [1.807, 2.05) is 54.6 Å². The molecule has 1 N–H and O–H groups in total. The van der Waals surface area contributed by atoms with Crippen LogP contribution in [0.25, 0.3) is 22.4 Å². The third kappa shape index (κ3) is 4.40. The van der Waals surface area contributed by atoms with E-state index in [0.717, 1.165) is 31.2 Å². The molecule has 2 heterocycles. The first-order chi connectivity index (χ1) is 17.0. The van der Waals surface area contributed by atoms with E-state index in [1.165, 1.54) is 22.7 Å². The maximum Gasteiger partial charge on any atom is 0.267 e. The number of aromatic nitrogens is 4. The molecule has 4 aromatic rings. The first-order valence-corrected chi connectivity index (χ1v) is 12.9. The molecule has 35 heavy (non-hydrogen) atoms. The first kappa shape index (κ1) is 23.4. The Balaban J connectivity index is 1.61. The van der Waals surface area contributed by atoms with Gasteiger partial charge in [-0.3, -0.25) is 14.0 Å². The number of ether oxygens (including phenoxy) is 1. The molecular weight excluding hydrogens is 462 g/mol. The van der Waals surface area contributed by atoms with Gasteiger partial charge in [0.2, 0.25) is 11.7 Å². The zero-order valence-corrected chi connectivity index (χ0v) is 21.0. The number of carbonyl (C=O) groups is 1. The van der Waals surface area contributed by atoms with Crippen molar-refractivity contribution in [2.75, 3.05) is 7.11 Å². The summed E-state index contributed by atoms with van der Waals surface area (Å²) in [5, 5.41) is 12.7. The second-order valence-corrected chi connectivity index (χ2v) is 10.4. The van der Waals surface area contributed by atoms with E-state index in [0.29, 0.717) is 33.3 Å². The Morgan fingerprint density at radius 2 is 1.91 bits per heavy atom. The van der Waals surface area contributed by atoms with Gasteiger partial charge in [-0.05, 0) is 56.5 Å². The maximum absolute atomic E-state index is 13.6. The molecule has 0 spiro atoms. The van der Waals surface area contributed by atoms with Gasteiger partial charge in [0.05, 0.1) is 29.0 Å². The molecular formula is C26H29N5O3S. The summed E-state index contributed by atoms with van der Waals surface area (Å²) in [6.07, 6.45) is 5.63. The molecule has 1 unspecified atom stereocenters. The average molecular weight is 492 g/mol. The zero-order chi connectivity index (χ0) is 24.5. The molecule has 0 radical (unpaired) electrons. The van der Waals surface area contributed by atoms with Crippen molar-refractivity contribution in [2.24, 2.45) is 0 Å². The monoisotopic (exact) mass is 491 g/mol. The fraction of sp³-hybridized carbons (Fsp3) is 0.385. The van der Waals surface area contributed by atoms with Gasteiger partial charge in [0, 0.05) is 6.04 Å². The van der Waals surface area contributed by atoms with E-state index in [1.54, 1.807) is 13.2 Å². The van der Waals surface area contributed by atoms with Crippen LogP contribution in [-0.4, -0.2) is 43.5 Å². The fourth-order valence-electron chi connectivity index (χ4n) is 4.72. The number of hydrogen-bond donors (Lipinski definition) is 1. The highest BCUT2D eigenvalue weighted by atomic mass is 32.2. The number of carbonyl (C=O) groups excluding carboxylic acids is 1. The molecule has 0 saturated heterocycles. The number of thioether (sulfide) groups is 1. The summed E-state index contributed by atoms with van der Waals surface area (Å²) >= 11 is 1.34. The highest BCUT2D eigenvalue weighted by Gasteiger charge is 2.25. The van der Waals surface area contributed by atoms with Crippen molar-refractivity contribution in [3.8, 4) is 11.4 Å². The van der Waals surface area contributed by atoms with E-state index >= 15 is 0 Å². The summed E-state index contributed by atoms with van der Waals surface area (Å²) in [5.74, 6) is 0.934. The Morgan fingerprint density at radius 1 is 1.14 bits per heavy atom. The van der Waals surface area contributed by atoms with Crippen molar-refractivity contribution in [3.63, 3.8) is 0 Å². The molecule has 0 bridgehead atoms. The van der Waals surface area contributed by atoms with Crippen LogP contribution in [0, 0.1) is 6.92 Å². The molecule has 0 aliphatic heterocycles. The smallest absolute Gasteiger partial charge is 0.267 e. The quantitative estimate of drug-likeness (QED) is 0.405. The molecule has 5 rings (SSSR count). The fourth-order valence-corrected chi connectivity index (χ4v) is 5.59. The molecule has 1 atom stereocenters. The zero-order valence-electron chi connectivity index (χ0n) is 20.2. The van der Waals surface area contributed by atoms with E-state index in [4.69, 9.17) is 4.74 Å². The summed E-state index contributed by atoms with van der Waals surface area (Å²) in [7, 11) is 1.58. The summed E-state index contributed by atoms with van der Waals surface area (Å²) in [5.41, 5.74) is 2.08. The highest BCUT2D eigenvalue weighted by Crippen LogP contribution is 2.29. The van der Waals surface area contributed by atoms with Gasteiger partial charge in [-0.15, -0.1) is 10.2 Å². The number of nitrogens with one attached hydrogen (secondary N) is 1. The van der Waals surface area contributed by atoms with E-state index in [2.05, 4.69) is 15.5 Å². The molecule has 1 saturated carbocycles. The number of aryl methyl sites for hydroxylation is 1. The number of fused-ring (bicyclic) bond motifs is 3. The summed E-state index contributed by atoms with van der Waals surface area (Å²) < 4.78 is 8.96. The largest absolute Gasteiger partial charge is 0.495 e. The van der Waals surface area contributed by atoms with Crippen molar-refractivity contribution < 1.29 is 9.53 Å². The van der Waals surface area contributed by atoms with Crippen molar-refractivity contribution >= 4 is 34.3 Å². The van der Waals surface area contributed by atoms with Gasteiger partial charge in [-0.2, -0.15) is 0 Å². The van der Waals surface area contributed by atoms with Gasteiger partial charge in [0.1, 0.15) is 5.75 Å². The number of rotatable bonds is 6. The van der Waals surface area contributed by atoms with Crippen LogP contribution in [0.1, 0.15) is 44.6 Å². The summed E-state index contributed by atoms with van der Waals surface area (Å²) in [4.78, 5) is 26.6. The molecule has 1 fully saturated rings. The van der Waals surface area contributed by atoms with Crippen LogP contribution in [-0.2, 0) is 4.79 Å². The number of amides is 1. The molecule has 8 nitrogen and oxygen atoms in total. The molecule has 1 aliphatic carbocycles. The minimum absolute atomic E-state index is 0.00312. The topological polar surface area (TPSA) is 90.5 Å². The van der Waals surface area contributed by atoms with Crippen molar-refractivity contribution in [3.05, 3.63) is 58.4 Å². The second-order valence-electron chi connectivity index (χ2n) is 9.05. The van der Waals surface area contributed by atoms with Gasteiger partial charge in [-0.25, -0.2) is 4.57 Å². The van der Waals surface area contributed by atoms with E-state index in [9.17, 15) is 9.59 Å². The lowest BCUT2D eigenvalue weighted by Crippen LogP contribution is -2.40. The minimum atomic E-state index is -0.364. The van der Waals surface area contributed by atoms with Gasteiger partial charge < -0.3 is 10.1 Å². The van der Waals surface area contributed by atoms with Crippen LogP contribution in [0.15, 0.2) is 52.4 Å². The lowest BCUT2D eigenvalue weighted by molar-refractivity contribution is -0.121. The van der Waals surface area contributed by atoms with Crippen LogP contribution >= 0.6 is 11.8 Å². The van der Waals surface area contributed by atoms with Crippen molar-refractivity contribution in [1.29, 1.82) is 0 Å². The Morgan fingerprint density at radius 3 is 2.69 bits per heavy atom. The first-order valence-electron chi connectivity index (χ1n) is 12.0. The predicted octanol–water partition coefficient (Wildman–Crippen LogP) is 4.28. The number of hydrogen-bond acceptors (Lipinski definition) is 6. The predicted molar refractivity (Wildman–Crippen MR) is 138 cm³/mol. The van der Waals surface area contributed by atoms with Gasteiger partial charge in [0.15, 0.2) is 5.16 Å². The van der Waals surface area contributed by atoms with Gasteiger partial charge in [-0.1, -0.05) is 49.2 Å². The van der Waals surface area contributed by atoms with E-state index < -0.39 is 0 Å². The molecule has 2 aromatic heterocycles. The van der Waals surface area contributed by atoms with Crippen LogP contribution in [0.4, 0.5) is 0 Å². The van der Waals surface area contributed by atoms with Crippen LogP contribution in [0.2, 0.25) is 0 Å². The Labute approximate surface area is 207 Å². The number of nitrogens with zero attached hydrogens (tertiary/aromatic N) is 4. The van der Waals surface area contributed by atoms with Crippen LogP contribution in [0.3, 0.4) is 0 Å². The van der Waals surface area contributed by atoms with E-state index in [-0.39, 0.29) is 22.8 Å². The Hall–Kier alpha value is -3.33. The van der Waals surface area contributed by atoms with Gasteiger partial charge in [0.25, 0.3) is 5.56 Å². The highest BCUT2D eigenvalue weighted by molar-refractivity contribution is 8.00. The van der Waals surface area contributed by atoms with Crippen molar-refractivity contribution in [1.82, 2.24) is 24.5 Å². The number of benzene rings is 2. The minimum Gasteiger partial charge on any atom is -0.495 e. The normalized spacial score (nSPS) is 15.4. The Kier molecular flexibility index (Phi) is 6.51. The molecule has 9 heteroatoms. The van der Waals surface area contributed by atoms with Crippen molar-refractivity contribution in [2.45, 2.75) is 62.4 Å². The average Bonchev–Trinajstić information content (AvgIpc) is 3.28. The SMILES string of the molecule is COc1ccc(C)cc1-n1c(=O)c2ccccc2n2c(SC(C)C(=O)NC3CCCCC3)nnc12. The van der Waals surface area contributed by atoms with Gasteiger partial charge >= 0.3 is 0 Å². The lowest BCUT2D eigenvalue weighted by atomic mass is 9.95. The van der Waals surface area contributed by atoms with Crippen LogP contribution < -0.4 is 15.6 Å². The second kappa shape index (κ2) is 9.73. The third-order valence-electron chi connectivity index (χ3n) is 6.57. The molecule has 1 amide bonds. The number of methoxy groups -OCH3 is 1. The molecule has 1 aliphatic rings. The molecule has 182 valence electrons. The number of para-hydroxylation sites is 1. The standard InChI is InChI=1S/C26H29N5O3S/c1-16-13-14-22(34-3)21(15-16)30-24(33)19-11-7-8-12-20(19)31-25(30)28-29-26(31)35-17(2)23(32)27-18-9-5-4-6-10-18/h7-8,11-15,17-18H,4-6,9-10H2,1-3H3,(H,27,32). The third-order valence-corrected chi connectivity index (χ3v) is 7.62. The lowest BCUT2D eigenvalue weighted by Gasteiger charge is -2.24. The summed E-state index contributed by atoms with van der Waals surface area (Å²) in [6.45, 7) is 3.84. The maximum atomic E-state index is 13.6. The van der Waals surface area contributed by atoms with Crippen LogP contribution in [0.5, 0.6) is 5.75 Å². The summed E-state index contributed by atoms with van der Waals surface area (Å²) in [6, 6.07) is 13.3. The molecule has 2 aromatic carbocycles.